The van der Waals surface area contributed by atoms with Crippen molar-refractivity contribution in [1.82, 2.24) is 0 Å². The van der Waals surface area contributed by atoms with E-state index in [1.165, 1.54) is 10.4 Å². The molecule has 0 aliphatic carbocycles. The van der Waals surface area contributed by atoms with E-state index in [-0.39, 0.29) is 52.1 Å². The van der Waals surface area contributed by atoms with Gasteiger partial charge in [-0.25, -0.2) is 0 Å². The van der Waals surface area contributed by atoms with Crippen molar-refractivity contribution in [2.75, 3.05) is 0 Å². The third-order valence-corrected chi connectivity index (χ3v) is 19.5. The second-order valence-electron chi connectivity index (χ2n) is 15.9. The standard InChI is InChI=1S/C38H58O4Si2/c1-14-38(10,11)35(42-43(12,13)36(4,5)6)29(3)25-28(2)33-26-30(27-34(39)40-33)41-44(37(7,8)9,31-21-17-15-18-22-31)32-23-19-16-20-24-32/h14-25,29-30,33,35H,1,26-27H2,2-13H3/b28-25+/t29-,30-,33+,35+/m0/s1. The van der Waals surface area contributed by atoms with Gasteiger partial charge in [-0.15, -0.1) is 6.58 Å². The highest BCUT2D eigenvalue weighted by Crippen LogP contribution is 2.43. The van der Waals surface area contributed by atoms with Crippen LogP contribution in [-0.2, 0) is 18.4 Å². The number of esters is 1. The van der Waals surface area contributed by atoms with Crippen LogP contribution < -0.4 is 10.4 Å². The van der Waals surface area contributed by atoms with Gasteiger partial charge in [0.2, 0.25) is 0 Å². The Labute approximate surface area is 270 Å². The molecule has 3 rings (SSSR count). The zero-order valence-electron chi connectivity index (χ0n) is 29.5. The molecule has 0 unspecified atom stereocenters. The molecule has 44 heavy (non-hydrogen) atoms. The zero-order chi connectivity index (χ0) is 33.1. The first-order chi connectivity index (χ1) is 20.2. The number of cyclic esters (lactones) is 1. The molecule has 2 aromatic rings. The number of hydrogen-bond donors (Lipinski definition) is 0. The van der Waals surface area contributed by atoms with Gasteiger partial charge in [0, 0.05) is 17.8 Å². The van der Waals surface area contributed by atoms with Gasteiger partial charge in [-0.2, -0.15) is 0 Å². The second kappa shape index (κ2) is 13.6. The zero-order valence-corrected chi connectivity index (χ0v) is 31.5. The molecule has 1 heterocycles. The van der Waals surface area contributed by atoms with Crippen LogP contribution in [0.3, 0.4) is 0 Å². The fourth-order valence-corrected chi connectivity index (χ4v) is 12.4. The lowest BCUT2D eigenvalue weighted by Crippen LogP contribution is -2.68. The first-order valence-electron chi connectivity index (χ1n) is 16.2. The van der Waals surface area contributed by atoms with Gasteiger partial charge in [0.25, 0.3) is 8.32 Å². The van der Waals surface area contributed by atoms with Crippen LogP contribution >= 0.6 is 0 Å². The van der Waals surface area contributed by atoms with Gasteiger partial charge in [-0.3, -0.25) is 4.79 Å². The minimum Gasteiger partial charge on any atom is -0.458 e. The largest absolute Gasteiger partial charge is 0.458 e. The minimum atomic E-state index is -2.81. The number of carbonyl (C=O) groups excluding carboxylic acids is 1. The lowest BCUT2D eigenvalue weighted by Gasteiger charge is -2.46. The Kier molecular flexibility index (Phi) is 11.2. The van der Waals surface area contributed by atoms with E-state index in [4.69, 9.17) is 13.6 Å². The summed E-state index contributed by atoms with van der Waals surface area (Å²) in [6.07, 6.45) is 4.50. The lowest BCUT2D eigenvalue weighted by molar-refractivity contribution is -0.156. The molecule has 0 bridgehead atoms. The third kappa shape index (κ3) is 7.93. The number of hydrogen-bond acceptors (Lipinski definition) is 4. The summed E-state index contributed by atoms with van der Waals surface area (Å²) in [5.74, 6) is -0.112. The Balaban J connectivity index is 1.98. The average Bonchev–Trinajstić information content (AvgIpc) is 2.93. The molecule has 0 saturated carbocycles. The smallest absolute Gasteiger partial charge is 0.308 e. The monoisotopic (exact) mass is 634 g/mol. The Morgan fingerprint density at radius 3 is 1.84 bits per heavy atom. The third-order valence-electron chi connectivity index (χ3n) is 9.90. The summed E-state index contributed by atoms with van der Waals surface area (Å²) in [4.78, 5) is 13.2. The Hall–Kier alpha value is -2.26. The van der Waals surface area contributed by atoms with Crippen LogP contribution in [-0.4, -0.2) is 40.9 Å². The van der Waals surface area contributed by atoms with Crippen molar-refractivity contribution in [2.45, 2.75) is 124 Å². The van der Waals surface area contributed by atoms with E-state index >= 15 is 0 Å². The number of benzene rings is 2. The number of rotatable bonds is 11. The normalized spacial score (nSPS) is 20.5. The van der Waals surface area contributed by atoms with Gasteiger partial charge < -0.3 is 13.6 Å². The second-order valence-corrected chi connectivity index (χ2v) is 24.9. The number of ether oxygens (including phenoxy) is 1. The van der Waals surface area contributed by atoms with Crippen molar-refractivity contribution >= 4 is 33.0 Å². The molecule has 1 aliphatic heterocycles. The maximum absolute atomic E-state index is 13.2. The Morgan fingerprint density at radius 2 is 1.41 bits per heavy atom. The van der Waals surface area contributed by atoms with Crippen LogP contribution in [0.5, 0.6) is 0 Å². The highest BCUT2D eigenvalue weighted by atomic mass is 28.4. The van der Waals surface area contributed by atoms with Gasteiger partial charge in [-0.1, -0.05) is 135 Å². The van der Waals surface area contributed by atoms with Gasteiger partial charge in [0.1, 0.15) is 6.10 Å². The van der Waals surface area contributed by atoms with Crippen molar-refractivity contribution in [3.63, 3.8) is 0 Å². The fraction of sp³-hybridized carbons (Fsp3) is 0.553. The van der Waals surface area contributed by atoms with Crippen LogP contribution in [0.2, 0.25) is 23.2 Å². The highest BCUT2D eigenvalue weighted by Gasteiger charge is 2.52. The molecule has 1 aliphatic rings. The molecule has 6 heteroatoms. The predicted molar refractivity (Wildman–Crippen MR) is 191 cm³/mol. The van der Waals surface area contributed by atoms with Crippen molar-refractivity contribution in [3.8, 4) is 0 Å². The summed E-state index contributed by atoms with van der Waals surface area (Å²) < 4.78 is 20.4. The molecular formula is C38H58O4Si2. The first-order valence-corrected chi connectivity index (χ1v) is 21.0. The van der Waals surface area contributed by atoms with Crippen LogP contribution in [0.1, 0.15) is 82.1 Å². The van der Waals surface area contributed by atoms with Crippen LogP contribution in [0, 0.1) is 11.3 Å². The topological polar surface area (TPSA) is 44.8 Å². The number of carbonyl (C=O) groups is 1. The molecule has 4 atom stereocenters. The van der Waals surface area contributed by atoms with E-state index in [1.54, 1.807) is 0 Å². The van der Waals surface area contributed by atoms with E-state index in [0.717, 1.165) is 5.57 Å². The maximum atomic E-state index is 13.2. The van der Waals surface area contributed by atoms with E-state index in [9.17, 15) is 4.79 Å². The van der Waals surface area contributed by atoms with Crippen LogP contribution in [0.15, 0.2) is 85.0 Å². The quantitative estimate of drug-likeness (QED) is 0.141. The minimum absolute atomic E-state index is 0.0562. The predicted octanol–water partition coefficient (Wildman–Crippen LogP) is 8.82. The van der Waals surface area contributed by atoms with Crippen molar-refractivity contribution < 1.29 is 18.4 Å². The summed E-state index contributed by atoms with van der Waals surface area (Å²) in [7, 11) is -4.87. The van der Waals surface area contributed by atoms with Gasteiger partial charge in [0.05, 0.1) is 18.6 Å². The molecular weight excluding hydrogens is 577 g/mol. The molecule has 0 N–H and O–H groups in total. The van der Waals surface area contributed by atoms with E-state index in [2.05, 4.69) is 156 Å². The van der Waals surface area contributed by atoms with Crippen molar-refractivity contribution in [2.24, 2.45) is 11.3 Å². The summed E-state index contributed by atoms with van der Waals surface area (Å²) in [6, 6.07) is 21.2. The van der Waals surface area contributed by atoms with E-state index in [1.807, 2.05) is 6.08 Å². The fourth-order valence-electron chi connectivity index (χ4n) is 6.23. The Bertz CT molecular complexity index is 1250. The average molecular weight is 635 g/mol. The highest BCUT2D eigenvalue weighted by molar-refractivity contribution is 6.99. The lowest BCUT2D eigenvalue weighted by atomic mass is 9.79. The molecule has 242 valence electrons. The molecule has 1 fully saturated rings. The SMILES string of the molecule is C=CC(C)(C)[C@H](O[Si](C)(C)C(C)(C)C)[C@@H](C)/C=C(\C)[C@H]1C[C@H](O[Si](c2ccccc2)(c2ccccc2)C(C)(C)C)CC(=O)O1. The maximum Gasteiger partial charge on any atom is 0.308 e. The summed E-state index contributed by atoms with van der Waals surface area (Å²) in [5, 5.41) is 2.35. The summed E-state index contributed by atoms with van der Waals surface area (Å²) in [5.41, 5.74) is 0.814. The Morgan fingerprint density at radius 1 is 0.909 bits per heavy atom. The van der Waals surface area contributed by atoms with E-state index in [0.29, 0.717) is 6.42 Å². The van der Waals surface area contributed by atoms with Crippen LogP contribution in [0.4, 0.5) is 0 Å². The molecule has 0 spiro atoms. The molecule has 0 amide bonds. The van der Waals surface area contributed by atoms with E-state index < -0.39 is 16.6 Å². The summed E-state index contributed by atoms with van der Waals surface area (Å²) >= 11 is 0. The van der Waals surface area contributed by atoms with Crippen molar-refractivity contribution in [3.05, 3.63) is 85.0 Å². The molecule has 4 nitrogen and oxygen atoms in total. The summed E-state index contributed by atoms with van der Waals surface area (Å²) in [6.45, 7) is 31.1. The first kappa shape index (κ1) is 36.2. The van der Waals surface area contributed by atoms with Gasteiger partial charge in [-0.05, 0) is 46.0 Å². The van der Waals surface area contributed by atoms with Crippen molar-refractivity contribution in [1.29, 1.82) is 0 Å². The van der Waals surface area contributed by atoms with Crippen LogP contribution in [0.25, 0.3) is 0 Å². The molecule has 2 aromatic carbocycles. The molecule has 0 radical (unpaired) electrons. The van der Waals surface area contributed by atoms with Gasteiger partial charge in [0.15, 0.2) is 8.32 Å². The molecule has 1 saturated heterocycles. The van der Waals surface area contributed by atoms with Gasteiger partial charge >= 0.3 is 5.97 Å². The molecule has 0 aromatic heterocycles.